The zero-order chi connectivity index (χ0) is 87.7. The Kier molecular flexibility index (Phi) is 31.0. The average molecular weight is 1670 g/mol. The van der Waals surface area contributed by atoms with E-state index in [0.717, 1.165) is 211 Å². The van der Waals surface area contributed by atoms with Crippen LogP contribution in [0.5, 0.6) is 0 Å². The molecule has 10 nitrogen and oxygen atoms in total. The number of fused-ring (bicyclic) bond motifs is 6. The molecule has 4 aliphatic carbocycles. The molecular formula is C115H97F2N3O7. The fraction of sp³-hybridized carbons (Fsp3) is 0.209. The number of likely N-dealkylation sites (N-methyl/N-ethyl adjacent to an activating group) is 1. The van der Waals surface area contributed by atoms with Gasteiger partial charge in [0.05, 0.1) is 6.54 Å². The minimum absolute atomic E-state index is 0. The Morgan fingerprint density at radius 3 is 0.929 bits per heavy atom. The van der Waals surface area contributed by atoms with Crippen molar-refractivity contribution in [2.75, 3.05) is 39.8 Å². The minimum atomic E-state index is -0.261. The van der Waals surface area contributed by atoms with Crippen LogP contribution in [0.1, 0.15) is 234 Å². The van der Waals surface area contributed by atoms with E-state index < -0.39 is 0 Å². The number of carbonyl (C=O) groups excluding carboxylic acids is 7. The third-order valence-corrected chi connectivity index (χ3v) is 22.5. The maximum Gasteiger partial charge on any atom is 0.254 e. The normalized spacial score (nSPS) is 13.8. The summed E-state index contributed by atoms with van der Waals surface area (Å²) in [6, 6.07) is 85.5. The summed E-state index contributed by atoms with van der Waals surface area (Å²) in [5, 5.41) is 0. The first-order valence-corrected chi connectivity index (χ1v) is 42.9. The van der Waals surface area contributed by atoms with Crippen LogP contribution in [0.15, 0.2) is 273 Å². The monoisotopic (exact) mass is 1670 g/mol. The molecule has 0 aromatic heterocycles. The van der Waals surface area contributed by atoms with Crippen molar-refractivity contribution in [2.24, 2.45) is 5.92 Å². The quantitative estimate of drug-likeness (QED) is 0.160. The van der Waals surface area contributed by atoms with Gasteiger partial charge in [0.1, 0.15) is 17.4 Å². The van der Waals surface area contributed by atoms with Gasteiger partial charge in [-0.05, 0) is 330 Å². The summed E-state index contributed by atoms with van der Waals surface area (Å²) in [6.07, 6.45) is 12.8. The van der Waals surface area contributed by atoms with Crippen LogP contribution in [0.2, 0.25) is 0 Å². The van der Waals surface area contributed by atoms with Crippen molar-refractivity contribution in [1.29, 1.82) is 0 Å². The van der Waals surface area contributed by atoms with Gasteiger partial charge in [-0.15, -0.1) is 0 Å². The largest absolute Gasteiger partial charge is 0.341 e. The molecule has 0 N–H and O–H groups in total. The second-order valence-electron chi connectivity index (χ2n) is 32.1. The van der Waals surface area contributed by atoms with Crippen molar-refractivity contribution >= 4 is 40.9 Å². The summed E-state index contributed by atoms with van der Waals surface area (Å²) >= 11 is 0. The van der Waals surface area contributed by atoms with Crippen LogP contribution in [0.4, 0.5) is 8.78 Å². The van der Waals surface area contributed by atoms with Gasteiger partial charge in [0.25, 0.3) is 17.7 Å². The third kappa shape index (κ3) is 25.3. The van der Waals surface area contributed by atoms with E-state index in [-0.39, 0.29) is 66.5 Å². The van der Waals surface area contributed by atoms with Gasteiger partial charge in [-0.3, -0.25) is 33.6 Å². The summed E-state index contributed by atoms with van der Waals surface area (Å²) in [5.74, 6) is 38.7. The molecule has 12 aromatic rings. The minimum Gasteiger partial charge on any atom is -0.341 e. The highest BCUT2D eigenvalue weighted by Gasteiger charge is 2.31. The van der Waals surface area contributed by atoms with Crippen molar-refractivity contribution in [1.82, 2.24) is 14.7 Å². The SMILES string of the molecule is C.CC(=O)CN1CCc2cc(C#Cc3ccccc3)ccc2C1=O.CN1CCc2cc(C#Cc3ccccc3)ccc2C1=O.Cc1cc(C#Cc2ccc3c(c2)CCCC3=O)ccc1F.O=C1CCCc2cc(C#Cc3ccc(F)cc3)ccc21.O=C1CCCc2cc(C#Cc3ccccc3)ccc21.O=C1c2ccc(C#Cc3ccccc3)cc2CCN1CC1CC1. The van der Waals surface area contributed by atoms with Crippen molar-refractivity contribution < 1.29 is 42.3 Å². The van der Waals surface area contributed by atoms with Gasteiger partial charge in [-0.1, -0.05) is 151 Å². The average Bonchev–Trinajstić information content (AvgIpc) is 1.62. The summed E-state index contributed by atoms with van der Waals surface area (Å²) in [4.78, 5) is 88.8. The molecule has 0 bridgehead atoms. The maximum atomic E-state index is 13.2. The highest BCUT2D eigenvalue weighted by molar-refractivity contribution is 6.01. The highest BCUT2D eigenvalue weighted by atomic mass is 19.1. The summed E-state index contributed by atoms with van der Waals surface area (Å²) in [5.41, 5.74) is 23.3. The lowest BCUT2D eigenvalue weighted by atomic mass is 9.89. The van der Waals surface area contributed by atoms with Crippen LogP contribution < -0.4 is 0 Å². The zero-order valence-electron chi connectivity index (χ0n) is 70.9. The van der Waals surface area contributed by atoms with Gasteiger partial charge in [0.15, 0.2) is 17.3 Å². The molecule has 19 rings (SSSR count). The summed E-state index contributed by atoms with van der Waals surface area (Å²) < 4.78 is 26.0. The van der Waals surface area contributed by atoms with Gasteiger partial charge in [-0.2, -0.15) is 0 Å². The molecule has 628 valence electrons. The van der Waals surface area contributed by atoms with Gasteiger partial charge >= 0.3 is 0 Å². The Hall–Kier alpha value is -15.1. The van der Waals surface area contributed by atoms with E-state index in [2.05, 4.69) is 83.2 Å². The number of carbonyl (C=O) groups is 7. The standard InChI is InChI=1S/C21H19NO.C20H17NO2.C19H15FO.C18H13FO.C18H15NO.C18H14O.CH4/c23-21-20-11-10-17(7-6-16-4-2-1-3-5-16)14-19(20)12-13-22(21)15-18-8-9-18;1-15(22)14-21-12-11-18-13-17(9-10-19(18)20(21)23)8-7-16-5-3-2-4-6-16;1-13-11-14(8-10-18(13)20)5-6-15-7-9-17-16(12-15)3-2-4-19(17)21;19-16-9-6-13(7-10-16)4-5-14-8-11-17-15(12-14)2-1-3-18(17)20;1-19-12-11-16-13-15(9-10-17(16)18(19)20)8-7-14-5-3-2-4-6-14;19-18-8-4-7-16-13-15(11-12-17(16)18)10-9-14-5-2-1-3-6-14;/h1-5,10-11,14,18H,8-9,12-13,15H2;2-6,9-10,13H,11-12,14H2,1H3;7-12H,2-4H2,1H3;6-12H,1-3H2;2-6,9-10,13H,11-12H2,1H3;1-3,5-6,11-13H,4,7-8H2;1H4. The predicted octanol–water partition coefficient (Wildman–Crippen LogP) is 20.9. The number of Topliss-reactive ketones (excluding diaryl/α,β-unsaturated/α-hetero) is 4. The lowest BCUT2D eigenvalue weighted by Gasteiger charge is -2.28. The van der Waals surface area contributed by atoms with E-state index in [1.807, 2.05) is 230 Å². The Morgan fingerprint density at radius 1 is 0.315 bits per heavy atom. The Bertz CT molecular complexity index is 6540. The first-order chi connectivity index (χ1) is 61.3. The number of hydrogen-bond acceptors (Lipinski definition) is 7. The van der Waals surface area contributed by atoms with Gasteiger partial charge in [0.2, 0.25) is 0 Å². The van der Waals surface area contributed by atoms with E-state index in [4.69, 9.17) is 0 Å². The number of halogens is 2. The number of ketones is 4. The lowest BCUT2D eigenvalue weighted by molar-refractivity contribution is -0.117. The van der Waals surface area contributed by atoms with Crippen molar-refractivity contribution in [2.45, 2.75) is 111 Å². The maximum absolute atomic E-state index is 13.2. The molecule has 0 unspecified atom stereocenters. The fourth-order valence-electron chi connectivity index (χ4n) is 15.5. The van der Waals surface area contributed by atoms with Crippen molar-refractivity contribution in [3.05, 3.63) is 424 Å². The highest BCUT2D eigenvalue weighted by Crippen LogP contribution is 2.33. The molecule has 0 radical (unpaired) electrons. The molecule has 0 spiro atoms. The summed E-state index contributed by atoms with van der Waals surface area (Å²) in [6.45, 7) is 6.57. The molecule has 12 heteroatoms. The number of aryl methyl sites for hydroxylation is 4. The number of benzene rings is 12. The van der Waals surface area contributed by atoms with Crippen LogP contribution in [0.3, 0.4) is 0 Å². The molecule has 1 saturated carbocycles. The second kappa shape index (κ2) is 43.8. The van der Waals surface area contributed by atoms with Crippen molar-refractivity contribution in [3.63, 3.8) is 0 Å². The molecule has 7 aliphatic rings. The topological polar surface area (TPSA) is 129 Å². The van der Waals surface area contributed by atoms with Crippen LogP contribution in [0, 0.1) is 95.5 Å². The number of nitrogens with zero attached hydrogens (tertiary/aromatic N) is 3. The lowest BCUT2D eigenvalue weighted by Crippen LogP contribution is -2.40. The van der Waals surface area contributed by atoms with Crippen LogP contribution in [0.25, 0.3) is 0 Å². The molecule has 3 aliphatic heterocycles. The molecule has 0 saturated heterocycles. The van der Waals surface area contributed by atoms with Crippen LogP contribution in [-0.2, 0) is 43.3 Å². The van der Waals surface area contributed by atoms with E-state index in [0.29, 0.717) is 36.9 Å². The van der Waals surface area contributed by atoms with E-state index in [1.54, 1.807) is 41.0 Å². The number of amides is 3. The summed E-state index contributed by atoms with van der Waals surface area (Å²) in [7, 11) is 1.84. The molecule has 0 atom stereocenters. The fourth-order valence-corrected chi connectivity index (χ4v) is 15.5. The zero-order valence-corrected chi connectivity index (χ0v) is 70.9. The van der Waals surface area contributed by atoms with E-state index in [1.165, 1.54) is 38.0 Å². The molecule has 3 heterocycles. The second-order valence-corrected chi connectivity index (χ2v) is 32.1. The Morgan fingerprint density at radius 2 is 0.591 bits per heavy atom. The molecule has 1 fully saturated rings. The van der Waals surface area contributed by atoms with E-state index >= 15 is 0 Å². The molecule has 3 amide bonds. The van der Waals surface area contributed by atoms with E-state index in [9.17, 15) is 42.3 Å². The van der Waals surface area contributed by atoms with Crippen molar-refractivity contribution in [3.8, 4) is 71.0 Å². The number of rotatable bonds is 4. The van der Waals surface area contributed by atoms with Gasteiger partial charge in [-0.25, -0.2) is 8.78 Å². The smallest absolute Gasteiger partial charge is 0.254 e. The first kappa shape index (κ1) is 89.7. The molecule has 12 aromatic carbocycles. The molecular weight excluding hydrogens is 1570 g/mol. The number of hydrogen-bond donors (Lipinski definition) is 0. The van der Waals surface area contributed by atoms with Crippen LogP contribution in [-0.4, -0.2) is 95.3 Å². The first-order valence-electron chi connectivity index (χ1n) is 42.9. The Labute approximate surface area is 744 Å². The van der Waals surface area contributed by atoms with Gasteiger partial charge in [0, 0.05) is 153 Å². The van der Waals surface area contributed by atoms with Gasteiger partial charge < -0.3 is 14.7 Å². The third-order valence-electron chi connectivity index (χ3n) is 22.5. The molecule has 127 heavy (non-hydrogen) atoms. The predicted molar refractivity (Wildman–Crippen MR) is 500 cm³/mol. The Balaban J connectivity index is 0.000000130. The van der Waals surface area contributed by atoms with Crippen LogP contribution >= 0.6 is 0 Å².